The molecular weight excluding hydrogens is 214 g/mol. The molecule has 1 aromatic rings. The van der Waals surface area contributed by atoms with Crippen molar-refractivity contribution < 1.29 is 4.74 Å². The van der Waals surface area contributed by atoms with Gasteiger partial charge in [0.1, 0.15) is 17.2 Å². The SMILES string of the molecule is Nc1ncnc(OCC2CCCC2)c1Cl. The number of hydrogen-bond donors (Lipinski definition) is 1. The summed E-state index contributed by atoms with van der Waals surface area (Å²) in [6.07, 6.45) is 6.43. The van der Waals surface area contributed by atoms with Gasteiger partial charge in [0.05, 0.1) is 6.61 Å². The van der Waals surface area contributed by atoms with Gasteiger partial charge in [-0.1, -0.05) is 24.4 Å². The van der Waals surface area contributed by atoms with Crippen LogP contribution in [0.1, 0.15) is 25.7 Å². The lowest BCUT2D eigenvalue weighted by Crippen LogP contribution is -2.09. The second-order valence-electron chi connectivity index (χ2n) is 3.84. The third kappa shape index (κ3) is 2.50. The highest BCUT2D eigenvalue weighted by Crippen LogP contribution is 2.29. The van der Waals surface area contributed by atoms with Crippen LogP contribution < -0.4 is 10.5 Å². The molecule has 0 amide bonds. The van der Waals surface area contributed by atoms with Crippen molar-refractivity contribution in [1.29, 1.82) is 0 Å². The maximum atomic E-state index is 5.90. The van der Waals surface area contributed by atoms with Crippen LogP contribution in [-0.4, -0.2) is 16.6 Å². The lowest BCUT2D eigenvalue weighted by Gasteiger charge is -2.11. The first-order valence-corrected chi connectivity index (χ1v) is 5.54. The number of rotatable bonds is 3. The molecule has 1 fully saturated rings. The molecule has 1 saturated carbocycles. The van der Waals surface area contributed by atoms with E-state index in [2.05, 4.69) is 9.97 Å². The van der Waals surface area contributed by atoms with Crippen LogP contribution in [0.3, 0.4) is 0 Å². The molecule has 4 nitrogen and oxygen atoms in total. The van der Waals surface area contributed by atoms with Crippen molar-refractivity contribution in [1.82, 2.24) is 9.97 Å². The van der Waals surface area contributed by atoms with Crippen molar-refractivity contribution >= 4 is 17.4 Å². The van der Waals surface area contributed by atoms with Gasteiger partial charge in [-0.15, -0.1) is 0 Å². The fraction of sp³-hybridized carbons (Fsp3) is 0.600. The molecule has 0 bridgehead atoms. The Morgan fingerprint density at radius 2 is 2.13 bits per heavy atom. The zero-order valence-electron chi connectivity index (χ0n) is 8.45. The molecule has 0 saturated heterocycles. The van der Waals surface area contributed by atoms with Gasteiger partial charge in [-0.25, -0.2) is 9.97 Å². The average molecular weight is 228 g/mol. The van der Waals surface area contributed by atoms with Gasteiger partial charge in [-0.2, -0.15) is 0 Å². The Bertz CT molecular complexity index is 339. The van der Waals surface area contributed by atoms with E-state index in [9.17, 15) is 0 Å². The van der Waals surface area contributed by atoms with Crippen molar-refractivity contribution in [3.05, 3.63) is 11.3 Å². The number of hydrogen-bond acceptors (Lipinski definition) is 4. The van der Waals surface area contributed by atoms with Crippen LogP contribution in [0, 0.1) is 5.92 Å². The molecule has 0 spiro atoms. The summed E-state index contributed by atoms with van der Waals surface area (Å²) in [5.41, 5.74) is 5.54. The Morgan fingerprint density at radius 1 is 1.40 bits per heavy atom. The van der Waals surface area contributed by atoms with Crippen molar-refractivity contribution in [2.24, 2.45) is 5.92 Å². The second-order valence-corrected chi connectivity index (χ2v) is 4.22. The Labute approximate surface area is 93.8 Å². The van der Waals surface area contributed by atoms with Crippen LogP contribution in [0.15, 0.2) is 6.33 Å². The maximum Gasteiger partial charge on any atom is 0.237 e. The molecule has 15 heavy (non-hydrogen) atoms. The zero-order valence-corrected chi connectivity index (χ0v) is 9.20. The molecule has 0 aromatic carbocycles. The summed E-state index contributed by atoms with van der Waals surface area (Å²) in [6.45, 7) is 0.677. The predicted molar refractivity (Wildman–Crippen MR) is 58.9 cm³/mol. The van der Waals surface area contributed by atoms with Crippen LogP contribution in [0.5, 0.6) is 5.88 Å². The molecule has 2 N–H and O–H groups in total. The molecule has 1 heterocycles. The summed E-state index contributed by atoms with van der Waals surface area (Å²) in [6, 6.07) is 0. The monoisotopic (exact) mass is 227 g/mol. The van der Waals surface area contributed by atoms with E-state index < -0.39 is 0 Å². The highest BCUT2D eigenvalue weighted by molar-refractivity contribution is 6.33. The summed E-state index contributed by atoms with van der Waals surface area (Å²) in [5, 5.41) is 0.315. The molecule has 1 aliphatic carbocycles. The van der Waals surface area contributed by atoms with E-state index >= 15 is 0 Å². The second kappa shape index (κ2) is 4.66. The summed E-state index contributed by atoms with van der Waals surface area (Å²) < 4.78 is 5.54. The Kier molecular flexibility index (Phi) is 3.26. The van der Waals surface area contributed by atoms with E-state index in [0.717, 1.165) is 0 Å². The molecule has 1 aliphatic rings. The van der Waals surface area contributed by atoms with Gasteiger partial charge in [0.25, 0.3) is 0 Å². The van der Waals surface area contributed by atoms with Crippen LogP contribution in [0.2, 0.25) is 5.02 Å². The largest absolute Gasteiger partial charge is 0.476 e. The van der Waals surface area contributed by atoms with Gasteiger partial charge in [0, 0.05) is 0 Å². The highest BCUT2D eigenvalue weighted by Gasteiger charge is 2.17. The summed E-state index contributed by atoms with van der Waals surface area (Å²) in [7, 11) is 0. The average Bonchev–Trinajstić information content (AvgIpc) is 2.73. The first-order valence-electron chi connectivity index (χ1n) is 5.16. The van der Waals surface area contributed by atoms with Gasteiger partial charge in [-0.05, 0) is 18.8 Å². The number of ether oxygens (including phenoxy) is 1. The summed E-state index contributed by atoms with van der Waals surface area (Å²) in [4.78, 5) is 7.73. The fourth-order valence-corrected chi connectivity index (χ4v) is 1.99. The van der Waals surface area contributed by atoms with Crippen molar-refractivity contribution in [3.8, 4) is 5.88 Å². The first-order chi connectivity index (χ1) is 7.27. The molecular formula is C10H14ClN3O. The van der Waals surface area contributed by atoms with E-state index in [1.165, 1.54) is 32.0 Å². The van der Waals surface area contributed by atoms with Crippen LogP contribution in [0.4, 0.5) is 5.82 Å². The van der Waals surface area contributed by atoms with Gasteiger partial charge < -0.3 is 10.5 Å². The van der Waals surface area contributed by atoms with Crippen LogP contribution in [0.25, 0.3) is 0 Å². The quantitative estimate of drug-likeness (QED) is 0.861. The molecule has 1 aromatic heterocycles. The van der Waals surface area contributed by atoms with E-state index in [-0.39, 0.29) is 5.82 Å². The maximum absolute atomic E-state index is 5.90. The predicted octanol–water partition coefficient (Wildman–Crippen LogP) is 2.28. The lowest BCUT2D eigenvalue weighted by atomic mass is 10.1. The van der Waals surface area contributed by atoms with E-state index in [1.807, 2.05) is 0 Å². The number of nitrogens with zero attached hydrogens (tertiary/aromatic N) is 2. The van der Waals surface area contributed by atoms with Gasteiger partial charge in [0.2, 0.25) is 5.88 Å². The summed E-state index contributed by atoms with van der Waals surface area (Å²) >= 11 is 5.90. The summed E-state index contributed by atoms with van der Waals surface area (Å²) in [5.74, 6) is 1.31. The Morgan fingerprint density at radius 3 is 2.87 bits per heavy atom. The van der Waals surface area contributed by atoms with Gasteiger partial charge >= 0.3 is 0 Å². The molecule has 5 heteroatoms. The third-order valence-electron chi connectivity index (χ3n) is 2.71. The smallest absolute Gasteiger partial charge is 0.237 e. The fourth-order valence-electron chi connectivity index (χ4n) is 1.84. The first kappa shape index (κ1) is 10.5. The van der Waals surface area contributed by atoms with Crippen LogP contribution >= 0.6 is 11.6 Å². The number of nitrogen functional groups attached to an aromatic ring is 1. The Balaban J connectivity index is 1.95. The molecule has 0 unspecified atom stereocenters. The van der Waals surface area contributed by atoms with E-state index in [4.69, 9.17) is 22.1 Å². The topological polar surface area (TPSA) is 61.0 Å². The number of anilines is 1. The van der Waals surface area contributed by atoms with E-state index in [1.54, 1.807) is 0 Å². The van der Waals surface area contributed by atoms with Gasteiger partial charge in [0.15, 0.2) is 0 Å². The number of aromatic nitrogens is 2. The van der Waals surface area contributed by atoms with Crippen molar-refractivity contribution in [2.45, 2.75) is 25.7 Å². The number of halogens is 1. The minimum absolute atomic E-state index is 0.271. The minimum Gasteiger partial charge on any atom is -0.476 e. The minimum atomic E-state index is 0.271. The normalized spacial score (nSPS) is 16.9. The molecule has 0 atom stereocenters. The standard InChI is InChI=1S/C10H14ClN3O/c11-8-9(12)13-6-14-10(8)15-5-7-3-1-2-4-7/h6-7H,1-5H2,(H2,12,13,14). The zero-order chi connectivity index (χ0) is 10.7. The molecule has 82 valence electrons. The highest BCUT2D eigenvalue weighted by atomic mass is 35.5. The van der Waals surface area contributed by atoms with Crippen LogP contribution in [-0.2, 0) is 0 Å². The van der Waals surface area contributed by atoms with Crippen molar-refractivity contribution in [3.63, 3.8) is 0 Å². The van der Waals surface area contributed by atoms with E-state index in [0.29, 0.717) is 23.4 Å². The Hall–Kier alpha value is -1.03. The van der Waals surface area contributed by atoms with Gasteiger partial charge in [-0.3, -0.25) is 0 Å². The molecule has 0 radical (unpaired) electrons. The molecule has 0 aliphatic heterocycles. The third-order valence-corrected chi connectivity index (χ3v) is 3.07. The van der Waals surface area contributed by atoms with Crippen molar-refractivity contribution in [2.75, 3.05) is 12.3 Å². The number of nitrogens with two attached hydrogens (primary N) is 1. The lowest BCUT2D eigenvalue weighted by molar-refractivity contribution is 0.243. The molecule has 2 rings (SSSR count).